The van der Waals surface area contributed by atoms with Gasteiger partial charge in [-0.1, -0.05) is 135 Å². The lowest BCUT2D eigenvalue weighted by molar-refractivity contribution is -0.384. The van der Waals surface area contributed by atoms with Crippen molar-refractivity contribution in [2.75, 3.05) is 11.4 Å². The molecule has 2 aromatic rings. The molecule has 1 aliphatic heterocycles. The normalized spacial score (nSPS) is 15.8. The lowest BCUT2D eigenvalue weighted by Gasteiger charge is -2.35. The van der Waals surface area contributed by atoms with E-state index in [1.165, 1.54) is 132 Å². The molecule has 0 saturated carbocycles. The van der Waals surface area contributed by atoms with Crippen molar-refractivity contribution in [3.8, 4) is 5.75 Å². The second kappa shape index (κ2) is 17.4. The van der Waals surface area contributed by atoms with Gasteiger partial charge in [0.1, 0.15) is 5.75 Å². The number of hydrogen-bond acceptors (Lipinski definition) is 4. The summed E-state index contributed by atoms with van der Waals surface area (Å²) in [4.78, 5) is 13.5. The molecule has 0 bridgehead atoms. The molecule has 1 heterocycles. The highest BCUT2D eigenvalue weighted by atomic mass is 16.6. The van der Waals surface area contributed by atoms with Crippen LogP contribution in [-0.4, -0.2) is 22.6 Å². The van der Waals surface area contributed by atoms with E-state index in [1.54, 1.807) is 0 Å². The van der Waals surface area contributed by atoms with Crippen molar-refractivity contribution >= 4 is 11.4 Å². The highest BCUT2D eigenvalue weighted by Gasteiger charge is 2.43. The fourth-order valence-corrected chi connectivity index (χ4v) is 6.81. The third-order valence-corrected chi connectivity index (χ3v) is 9.33. The SMILES string of the molecule is CCCCCCCCCCCCCCCCCCN1c2ccccc2C(C)(C)C1CCc1cc([N+](=O)[O-])ccc1O. The topological polar surface area (TPSA) is 66.6 Å². The molecule has 0 aromatic heterocycles. The third-order valence-electron chi connectivity index (χ3n) is 9.33. The van der Waals surface area contributed by atoms with Crippen LogP contribution in [0.5, 0.6) is 5.75 Å². The van der Waals surface area contributed by atoms with Crippen molar-refractivity contribution in [1.29, 1.82) is 0 Å². The molecule has 0 fully saturated rings. The number of anilines is 1. The first-order valence-electron chi connectivity index (χ1n) is 16.7. The number of phenolic OH excluding ortho intramolecular Hbond substituents is 1. The lowest BCUT2D eigenvalue weighted by Crippen LogP contribution is -2.42. The van der Waals surface area contributed by atoms with Gasteiger partial charge in [-0.2, -0.15) is 0 Å². The minimum Gasteiger partial charge on any atom is -0.508 e. The molecule has 0 aliphatic carbocycles. The highest BCUT2D eigenvalue weighted by Crippen LogP contribution is 2.47. The number of para-hydroxylation sites is 1. The van der Waals surface area contributed by atoms with Gasteiger partial charge in [0.25, 0.3) is 5.69 Å². The molecule has 1 atom stereocenters. The molecule has 2 aromatic carbocycles. The fourth-order valence-electron chi connectivity index (χ4n) is 6.81. The maximum absolute atomic E-state index is 11.3. The van der Waals surface area contributed by atoms with Crippen LogP contribution in [0, 0.1) is 10.1 Å². The molecule has 5 heteroatoms. The lowest BCUT2D eigenvalue weighted by atomic mass is 9.78. The van der Waals surface area contributed by atoms with E-state index in [0.717, 1.165) is 13.0 Å². The molecule has 0 radical (unpaired) electrons. The van der Waals surface area contributed by atoms with Gasteiger partial charge in [-0.05, 0) is 37.0 Å². The Balaban J connectivity index is 1.38. The second-order valence-electron chi connectivity index (χ2n) is 12.9. The average molecular weight is 565 g/mol. The van der Waals surface area contributed by atoms with Crippen LogP contribution in [0.25, 0.3) is 0 Å². The zero-order valence-electron chi connectivity index (χ0n) is 26.2. The molecular formula is C36H56N2O3. The molecule has 1 aliphatic rings. The maximum atomic E-state index is 11.3. The van der Waals surface area contributed by atoms with Crippen LogP contribution in [0.3, 0.4) is 0 Å². The largest absolute Gasteiger partial charge is 0.508 e. The minimum atomic E-state index is -0.387. The van der Waals surface area contributed by atoms with E-state index < -0.39 is 0 Å². The van der Waals surface area contributed by atoms with Crippen LogP contribution in [0.4, 0.5) is 11.4 Å². The Hall–Kier alpha value is -2.56. The Kier molecular flexibility index (Phi) is 14.0. The zero-order chi connectivity index (χ0) is 29.5. The van der Waals surface area contributed by atoms with Gasteiger partial charge in [-0.25, -0.2) is 0 Å². The standard InChI is InChI=1S/C36H56N2O3/c1-4-5-6-7-8-9-10-11-12-13-14-15-16-17-18-21-28-37-33-23-20-19-22-32(33)36(2,3)35(37)27-24-30-29-31(38(40)41)25-26-34(30)39/h19-20,22-23,25-26,29,35,39H,4-18,21,24,27-28H2,1-3H3. The van der Waals surface area contributed by atoms with Crippen LogP contribution < -0.4 is 4.90 Å². The van der Waals surface area contributed by atoms with E-state index in [2.05, 4.69) is 49.9 Å². The number of hydrogen-bond donors (Lipinski definition) is 1. The molecule has 1 unspecified atom stereocenters. The number of aryl methyl sites for hydroxylation is 1. The Labute approximate surface area is 249 Å². The summed E-state index contributed by atoms with van der Waals surface area (Å²) in [5, 5.41) is 21.7. The summed E-state index contributed by atoms with van der Waals surface area (Å²) in [6, 6.07) is 13.4. The molecule has 0 spiro atoms. The number of phenols is 1. The zero-order valence-corrected chi connectivity index (χ0v) is 26.2. The van der Waals surface area contributed by atoms with Crippen LogP contribution in [0.2, 0.25) is 0 Å². The van der Waals surface area contributed by atoms with Gasteiger partial charge in [0.15, 0.2) is 0 Å². The first-order chi connectivity index (χ1) is 19.9. The van der Waals surface area contributed by atoms with Crippen LogP contribution in [0.1, 0.15) is 141 Å². The highest BCUT2D eigenvalue weighted by molar-refractivity contribution is 5.64. The fraction of sp³-hybridized carbons (Fsp3) is 0.667. The van der Waals surface area contributed by atoms with Crippen molar-refractivity contribution in [2.45, 2.75) is 148 Å². The first kappa shape index (κ1) is 32.9. The van der Waals surface area contributed by atoms with E-state index in [-0.39, 0.29) is 27.8 Å². The molecule has 0 saturated heterocycles. The maximum Gasteiger partial charge on any atom is 0.269 e. The number of fused-ring (bicyclic) bond motifs is 1. The van der Waals surface area contributed by atoms with Crippen LogP contribution >= 0.6 is 0 Å². The predicted molar refractivity (Wildman–Crippen MR) is 173 cm³/mol. The number of unbranched alkanes of at least 4 members (excludes halogenated alkanes) is 15. The van der Waals surface area contributed by atoms with Crippen LogP contribution in [-0.2, 0) is 11.8 Å². The van der Waals surface area contributed by atoms with E-state index >= 15 is 0 Å². The molecular weight excluding hydrogens is 508 g/mol. The summed E-state index contributed by atoms with van der Waals surface area (Å²) in [5.41, 5.74) is 3.38. The van der Waals surface area contributed by atoms with Gasteiger partial charge in [0, 0.05) is 41.4 Å². The number of rotatable bonds is 21. The van der Waals surface area contributed by atoms with Crippen molar-refractivity contribution in [2.24, 2.45) is 0 Å². The van der Waals surface area contributed by atoms with Crippen molar-refractivity contribution in [3.63, 3.8) is 0 Å². The number of nitro groups is 1. The van der Waals surface area contributed by atoms with E-state index in [1.807, 2.05) is 0 Å². The van der Waals surface area contributed by atoms with Crippen molar-refractivity contribution < 1.29 is 10.0 Å². The van der Waals surface area contributed by atoms with Gasteiger partial charge < -0.3 is 10.0 Å². The third kappa shape index (κ3) is 10.0. The molecule has 1 N–H and O–H groups in total. The number of aromatic hydroxyl groups is 1. The Bertz CT molecular complexity index is 1050. The number of non-ortho nitro benzene ring substituents is 1. The Morgan fingerprint density at radius 3 is 1.90 bits per heavy atom. The van der Waals surface area contributed by atoms with Crippen LogP contribution in [0.15, 0.2) is 42.5 Å². The number of nitrogens with zero attached hydrogens (tertiary/aromatic N) is 2. The Morgan fingerprint density at radius 1 is 0.805 bits per heavy atom. The summed E-state index contributed by atoms with van der Waals surface area (Å²) in [6.07, 6.45) is 23.4. The minimum absolute atomic E-state index is 0.0258. The van der Waals surface area contributed by atoms with Gasteiger partial charge in [0.2, 0.25) is 0 Å². The first-order valence-corrected chi connectivity index (χ1v) is 16.7. The second-order valence-corrected chi connectivity index (χ2v) is 12.9. The van der Waals surface area contributed by atoms with E-state index in [9.17, 15) is 15.2 Å². The summed E-state index contributed by atoms with van der Waals surface area (Å²) in [7, 11) is 0. The van der Waals surface area contributed by atoms with E-state index in [4.69, 9.17) is 0 Å². The predicted octanol–water partition coefficient (Wildman–Crippen LogP) is 10.7. The van der Waals surface area contributed by atoms with E-state index in [0.29, 0.717) is 12.0 Å². The monoisotopic (exact) mass is 564 g/mol. The van der Waals surface area contributed by atoms with Crippen molar-refractivity contribution in [3.05, 3.63) is 63.7 Å². The average Bonchev–Trinajstić information content (AvgIpc) is 3.17. The molecule has 0 amide bonds. The summed E-state index contributed by atoms with van der Waals surface area (Å²) >= 11 is 0. The van der Waals surface area contributed by atoms with Gasteiger partial charge in [-0.15, -0.1) is 0 Å². The summed E-state index contributed by atoms with van der Waals surface area (Å²) in [6.45, 7) is 7.95. The summed E-state index contributed by atoms with van der Waals surface area (Å²) < 4.78 is 0. The van der Waals surface area contributed by atoms with Gasteiger partial charge in [0.05, 0.1) is 4.92 Å². The Morgan fingerprint density at radius 2 is 1.34 bits per heavy atom. The number of nitro benzene ring substituents is 1. The molecule has 5 nitrogen and oxygen atoms in total. The smallest absolute Gasteiger partial charge is 0.269 e. The quantitative estimate of drug-likeness (QED) is 0.0930. The summed E-state index contributed by atoms with van der Waals surface area (Å²) in [5.74, 6) is 0.147. The molecule has 228 valence electrons. The number of benzene rings is 2. The molecule has 41 heavy (non-hydrogen) atoms. The van der Waals surface area contributed by atoms with Gasteiger partial charge in [-0.3, -0.25) is 10.1 Å². The van der Waals surface area contributed by atoms with Crippen molar-refractivity contribution in [1.82, 2.24) is 0 Å². The van der Waals surface area contributed by atoms with Gasteiger partial charge >= 0.3 is 0 Å². The molecule has 3 rings (SSSR count).